The highest BCUT2D eigenvalue weighted by Crippen LogP contribution is 2.31. The molecule has 1 rings (SSSR count). The van der Waals surface area contributed by atoms with Crippen LogP contribution in [0.25, 0.3) is 0 Å². The first kappa shape index (κ1) is 7.59. The third-order valence-corrected chi connectivity index (χ3v) is 2.09. The highest BCUT2D eigenvalue weighted by molar-refractivity contribution is 5.14. The third kappa shape index (κ3) is 1.03. The van der Waals surface area contributed by atoms with Crippen LogP contribution in [0.15, 0.2) is 0 Å². The lowest BCUT2D eigenvalue weighted by Crippen LogP contribution is -2.36. The van der Waals surface area contributed by atoms with Gasteiger partial charge < -0.3 is 9.84 Å². The van der Waals surface area contributed by atoms with Gasteiger partial charge in [-0.15, -0.1) is 6.42 Å². The molecule has 0 radical (unpaired) electrons. The van der Waals surface area contributed by atoms with Crippen LogP contribution in [0.5, 0.6) is 0 Å². The fourth-order valence-corrected chi connectivity index (χ4v) is 1.43. The molecular formula is C8H12O2. The standard InChI is InChI=1S/C8H12O2/c1-3-8(9)6-4-5-7(8)10-2/h1,7,9H,4-6H2,2H3/t7-,8-/m1/s1. The summed E-state index contributed by atoms with van der Waals surface area (Å²) < 4.78 is 5.03. The fourth-order valence-electron chi connectivity index (χ4n) is 1.43. The Morgan fingerprint density at radius 3 is 2.90 bits per heavy atom. The Hall–Kier alpha value is -0.520. The zero-order chi connectivity index (χ0) is 7.61. The van der Waals surface area contributed by atoms with Crippen LogP contribution < -0.4 is 0 Å². The Morgan fingerprint density at radius 2 is 2.50 bits per heavy atom. The molecule has 0 spiro atoms. The van der Waals surface area contributed by atoms with Gasteiger partial charge in [-0.3, -0.25) is 0 Å². The number of ether oxygens (including phenoxy) is 1. The molecule has 1 aliphatic rings. The zero-order valence-corrected chi connectivity index (χ0v) is 6.13. The number of hydrogen-bond acceptors (Lipinski definition) is 2. The van der Waals surface area contributed by atoms with Crippen molar-refractivity contribution >= 4 is 0 Å². The summed E-state index contributed by atoms with van der Waals surface area (Å²) in [5, 5.41) is 9.60. The van der Waals surface area contributed by atoms with Gasteiger partial charge in [-0.05, 0) is 19.3 Å². The molecule has 0 heterocycles. The van der Waals surface area contributed by atoms with E-state index in [0.717, 1.165) is 12.8 Å². The number of terminal acetylenes is 1. The van der Waals surface area contributed by atoms with Gasteiger partial charge in [-0.1, -0.05) is 5.92 Å². The molecule has 56 valence electrons. The molecule has 1 aliphatic carbocycles. The summed E-state index contributed by atoms with van der Waals surface area (Å²) in [6, 6.07) is 0. The summed E-state index contributed by atoms with van der Waals surface area (Å²) >= 11 is 0. The molecule has 2 nitrogen and oxygen atoms in total. The van der Waals surface area contributed by atoms with Crippen LogP contribution in [0.3, 0.4) is 0 Å². The molecule has 0 aromatic carbocycles. The van der Waals surface area contributed by atoms with Crippen molar-refractivity contribution in [3.63, 3.8) is 0 Å². The maximum Gasteiger partial charge on any atom is 0.151 e. The van der Waals surface area contributed by atoms with Crippen LogP contribution in [0.1, 0.15) is 19.3 Å². The van der Waals surface area contributed by atoms with E-state index in [1.165, 1.54) is 0 Å². The van der Waals surface area contributed by atoms with Gasteiger partial charge >= 0.3 is 0 Å². The zero-order valence-electron chi connectivity index (χ0n) is 6.13. The number of aliphatic hydroxyl groups is 1. The predicted octanol–water partition coefficient (Wildman–Crippen LogP) is 0.550. The van der Waals surface area contributed by atoms with Gasteiger partial charge in [0.15, 0.2) is 5.60 Å². The molecule has 2 atom stereocenters. The smallest absolute Gasteiger partial charge is 0.151 e. The van der Waals surface area contributed by atoms with Gasteiger partial charge in [-0.25, -0.2) is 0 Å². The van der Waals surface area contributed by atoms with Gasteiger partial charge in [0, 0.05) is 7.11 Å². The molecule has 0 amide bonds. The van der Waals surface area contributed by atoms with E-state index in [4.69, 9.17) is 11.2 Å². The van der Waals surface area contributed by atoms with Crippen LogP contribution in [-0.4, -0.2) is 23.9 Å². The van der Waals surface area contributed by atoms with Crippen molar-refractivity contribution in [1.29, 1.82) is 0 Å². The Kier molecular flexibility index (Phi) is 1.98. The molecular weight excluding hydrogens is 128 g/mol. The maximum atomic E-state index is 9.60. The minimum atomic E-state index is -0.991. The second-order valence-electron chi connectivity index (χ2n) is 2.69. The van der Waals surface area contributed by atoms with E-state index in [2.05, 4.69) is 5.92 Å². The van der Waals surface area contributed by atoms with Gasteiger partial charge in [0.05, 0.1) is 6.10 Å². The second-order valence-corrected chi connectivity index (χ2v) is 2.69. The lowest BCUT2D eigenvalue weighted by molar-refractivity contribution is -0.0338. The van der Waals surface area contributed by atoms with Crippen LogP contribution in [0.2, 0.25) is 0 Å². The fraction of sp³-hybridized carbons (Fsp3) is 0.750. The van der Waals surface area contributed by atoms with Crippen molar-refractivity contribution in [2.75, 3.05) is 7.11 Å². The lowest BCUT2D eigenvalue weighted by Gasteiger charge is -2.22. The molecule has 10 heavy (non-hydrogen) atoms. The molecule has 1 N–H and O–H groups in total. The molecule has 1 saturated carbocycles. The summed E-state index contributed by atoms with van der Waals surface area (Å²) in [5.41, 5.74) is -0.991. The van der Waals surface area contributed by atoms with Gasteiger partial charge in [0.1, 0.15) is 0 Å². The van der Waals surface area contributed by atoms with Crippen LogP contribution >= 0.6 is 0 Å². The van der Waals surface area contributed by atoms with Crippen molar-refractivity contribution in [2.45, 2.75) is 31.0 Å². The molecule has 2 heteroatoms. The molecule has 0 saturated heterocycles. The van der Waals surface area contributed by atoms with Crippen LogP contribution in [0, 0.1) is 12.3 Å². The largest absolute Gasteiger partial charge is 0.377 e. The average Bonchev–Trinajstić information content (AvgIpc) is 2.32. The highest BCUT2D eigenvalue weighted by atomic mass is 16.5. The van der Waals surface area contributed by atoms with Crippen molar-refractivity contribution in [3.05, 3.63) is 0 Å². The van der Waals surface area contributed by atoms with Gasteiger partial charge in [0.2, 0.25) is 0 Å². The molecule has 1 fully saturated rings. The SMILES string of the molecule is C#C[C@@]1(O)CCC[C@H]1OC. The first-order valence-electron chi connectivity index (χ1n) is 3.46. The summed E-state index contributed by atoms with van der Waals surface area (Å²) in [7, 11) is 1.58. The van der Waals surface area contributed by atoms with Crippen LogP contribution in [0.4, 0.5) is 0 Å². The average molecular weight is 140 g/mol. The van der Waals surface area contributed by atoms with Crippen molar-refractivity contribution in [1.82, 2.24) is 0 Å². The molecule has 0 bridgehead atoms. The topological polar surface area (TPSA) is 29.5 Å². The van der Waals surface area contributed by atoms with E-state index in [9.17, 15) is 5.11 Å². The molecule has 0 aromatic heterocycles. The summed E-state index contributed by atoms with van der Waals surface area (Å²) in [5.74, 6) is 2.37. The quantitative estimate of drug-likeness (QED) is 0.539. The Labute approximate surface area is 61.2 Å². The van der Waals surface area contributed by atoms with E-state index in [0.29, 0.717) is 6.42 Å². The summed E-state index contributed by atoms with van der Waals surface area (Å²) in [4.78, 5) is 0. The van der Waals surface area contributed by atoms with E-state index in [-0.39, 0.29) is 6.10 Å². The molecule has 0 unspecified atom stereocenters. The van der Waals surface area contributed by atoms with Crippen molar-refractivity contribution in [3.8, 4) is 12.3 Å². The first-order chi connectivity index (χ1) is 4.73. The van der Waals surface area contributed by atoms with E-state index < -0.39 is 5.60 Å². The second kappa shape index (κ2) is 2.61. The number of hydrogen-bond donors (Lipinski definition) is 1. The lowest BCUT2D eigenvalue weighted by atomic mass is 10.0. The Bertz CT molecular complexity index is 159. The predicted molar refractivity (Wildman–Crippen MR) is 38.4 cm³/mol. The molecule has 0 aromatic rings. The minimum Gasteiger partial charge on any atom is -0.377 e. The van der Waals surface area contributed by atoms with Crippen molar-refractivity contribution < 1.29 is 9.84 Å². The maximum absolute atomic E-state index is 9.60. The minimum absolute atomic E-state index is 0.155. The highest BCUT2D eigenvalue weighted by Gasteiger charge is 2.39. The normalized spacial score (nSPS) is 39.5. The van der Waals surface area contributed by atoms with E-state index in [1.807, 2.05) is 0 Å². The first-order valence-corrected chi connectivity index (χ1v) is 3.46. The van der Waals surface area contributed by atoms with Gasteiger partial charge in [-0.2, -0.15) is 0 Å². The third-order valence-electron chi connectivity index (χ3n) is 2.09. The van der Waals surface area contributed by atoms with Crippen molar-refractivity contribution in [2.24, 2.45) is 0 Å². The Balaban J connectivity index is 2.68. The van der Waals surface area contributed by atoms with Gasteiger partial charge in [0.25, 0.3) is 0 Å². The summed E-state index contributed by atoms with van der Waals surface area (Å²) in [6.07, 6.45) is 7.50. The van der Waals surface area contributed by atoms with E-state index >= 15 is 0 Å². The Morgan fingerprint density at radius 1 is 1.80 bits per heavy atom. The monoisotopic (exact) mass is 140 g/mol. The van der Waals surface area contributed by atoms with E-state index in [1.54, 1.807) is 7.11 Å². The van der Waals surface area contributed by atoms with Crippen LogP contribution in [-0.2, 0) is 4.74 Å². The summed E-state index contributed by atoms with van der Waals surface area (Å²) in [6.45, 7) is 0. The number of rotatable bonds is 1. The molecule has 0 aliphatic heterocycles. The number of methoxy groups -OCH3 is 1.